The topological polar surface area (TPSA) is 9.23 Å². The van der Waals surface area contributed by atoms with Gasteiger partial charge in [0.15, 0.2) is 0 Å². The molecule has 0 aliphatic carbocycles. The van der Waals surface area contributed by atoms with Gasteiger partial charge in [0, 0.05) is 24.3 Å². The van der Waals surface area contributed by atoms with E-state index in [9.17, 15) is 13.2 Å². The molecule has 0 bridgehead atoms. The first-order valence-electron chi connectivity index (χ1n) is 11.3. The Kier molecular flexibility index (Phi) is 15.5. The molecule has 1 nitrogen and oxygen atoms in total. The number of unbranched alkanes of at least 4 members (excludes halogenated alkanes) is 9. The Balaban J connectivity index is 1.83. The number of hydrogen-bond donors (Lipinski definition) is 0. The predicted molar refractivity (Wildman–Crippen MR) is 119 cm³/mol. The maximum atomic E-state index is 13.5. The summed E-state index contributed by atoms with van der Waals surface area (Å²) in [7, 11) is 0. The van der Waals surface area contributed by atoms with Crippen molar-refractivity contribution in [2.45, 2.75) is 97.0 Å². The van der Waals surface area contributed by atoms with Gasteiger partial charge in [-0.15, -0.1) is 0 Å². The van der Waals surface area contributed by atoms with Gasteiger partial charge in [-0.05, 0) is 51.0 Å². The maximum absolute atomic E-state index is 13.5. The van der Waals surface area contributed by atoms with Crippen LogP contribution in [0.2, 0.25) is 0 Å². The highest BCUT2D eigenvalue weighted by Gasteiger charge is 2.10. The second kappa shape index (κ2) is 17.0. The lowest BCUT2D eigenvalue weighted by Crippen LogP contribution is -2.04. The van der Waals surface area contributed by atoms with Gasteiger partial charge in [-0.2, -0.15) is 11.8 Å². The molecule has 0 fully saturated rings. The van der Waals surface area contributed by atoms with Crippen molar-refractivity contribution in [2.24, 2.45) is 0 Å². The highest BCUT2D eigenvalue weighted by atomic mass is 32.2. The minimum Gasteiger partial charge on any atom is -0.379 e. The van der Waals surface area contributed by atoms with E-state index < -0.39 is 17.5 Å². The molecule has 5 heteroatoms. The first-order chi connectivity index (χ1) is 14.0. The van der Waals surface area contributed by atoms with E-state index in [0.29, 0.717) is 12.5 Å². The Labute approximate surface area is 180 Å². The van der Waals surface area contributed by atoms with Crippen molar-refractivity contribution in [1.29, 1.82) is 0 Å². The maximum Gasteiger partial charge on any atom is 0.132 e. The molecule has 0 heterocycles. The van der Waals surface area contributed by atoms with Crippen molar-refractivity contribution >= 4 is 11.8 Å². The van der Waals surface area contributed by atoms with Gasteiger partial charge in [0.1, 0.15) is 17.5 Å². The molecule has 0 saturated carbocycles. The highest BCUT2D eigenvalue weighted by Crippen LogP contribution is 2.18. The zero-order valence-electron chi connectivity index (χ0n) is 18.3. The summed E-state index contributed by atoms with van der Waals surface area (Å²) in [5.41, 5.74) is 0.0217. The third-order valence-corrected chi connectivity index (χ3v) is 6.11. The quantitative estimate of drug-likeness (QED) is 0.217. The average molecular weight is 433 g/mol. The third kappa shape index (κ3) is 14.0. The molecule has 168 valence electrons. The van der Waals surface area contributed by atoms with Crippen LogP contribution in [0.3, 0.4) is 0 Å². The van der Waals surface area contributed by atoms with Gasteiger partial charge in [0.05, 0.1) is 6.10 Å². The van der Waals surface area contributed by atoms with Gasteiger partial charge >= 0.3 is 0 Å². The zero-order chi connectivity index (χ0) is 21.3. The summed E-state index contributed by atoms with van der Waals surface area (Å²) in [6.07, 6.45) is 13.6. The van der Waals surface area contributed by atoms with E-state index in [2.05, 4.69) is 13.8 Å². The Morgan fingerprint density at radius 1 is 0.724 bits per heavy atom. The molecule has 1 rings (SSSR count). The summed E-state index contributed by atoms with van der Waals surface area (Å²) in [6, 6.07) is 1.53. The second-order valence-electron chi connectivity index (χ2n) is 8.02. The summed E-state index contributed by atoms with van der Waals surface area (Å²) in [4.78, 5) is 0. The molecule has 0 unspecified atom stereocenters. The molecule has 0 radical (unpaired) electrons. The normalized spacial score (nSPS) is 11.5. The molecule has 0 saturated heterocycles. The minimum absolute atomic E-state index is 0.0217. The van der Waals surface area contributed by atoms with Gasteiger partial charge in [0.25, 0.3) is 0 Å². The summed E-state index contributed by atoms with van der Waals surface area (Å²) in [5.74, 6) is 0.0844. The molecule has 0 amide bonds. The molecule has 0 N–H and O–H groups in total. The van der Waals surface area contributed by atoms with Gasteiger partial charge < -0.3 is 4.74 Å². The molecular weight excluding hydrogens is 393 g/mol. The van der Waals surface area contributed by atoms with Crippen LogP contribution in [0.25, 0.3) is 0 Å². The van der Waals surface area contributed by atoms with Gasteiger partial charge in [-0.3, -0.25) is 0 Å². The van der Waals surface area contributed by atoms with Crippen molar-refractivity contribution in [1.82, 2.24) is 0 Å². The molecule has 29 heavy (non-hydrogen) atoms. The van der Waals surface area contributed by atoms with E-state index in [0.717, 1.165) is 44.4 Å². The fourth-order valence-corrected chi connectivity index (χ4v) is 4.25. The molecule has 1 aromatic rings. The Bertz CT molecular complexity index is 514. The Morgan fingerprint density at radius 3 is 1.76 bits per heavy atom. The van der Waals surface area contributed by atoms with Crippen molar-refractivity contribution in [3.63, 3.8) is 0 Å². The van der Waals surface area contributed by atoms with E-state index in [4.69, 9.17) is 4.74 Å². The number of thioether (sulfide) groups is 1. The van der Waals surface area contributed by atoms with E-state index in [-0.39, 0.29) is 5.56 Å². The van der Waals surface area contributed by atoms with E-state index in [1.54, 1.807) is 0 Å². The van der Waals surface area contributed by atoms with Gasteiger partial charge in [0.2, 0.25) is 0 Å². The molecule has 1 aromatic carbocycles. The summed E-state index contributed by atoms with van der Waals surface area (Å²) < 4.78 is 45.5. The molecule has 0 atom stereocenters. The molecule has 0 spiro atoms. The largest absolute Gasteiger partial charge is 0.379 e. The number of rotatable bonds is 18. The fraction of sp³-hybridized carbons (Fsp3) is 0.750. The van der Waals surface area contributed by atoms with Crippen molar-refractivity contribution < 1.29 is 17.9 Å². The Morgan fingerprint density at radius 2 is 1.21 bits per heavy atom. The van der Waals surface area contributed by atoms with Crippen LogP contribution in [0.15, 0.2) is 12.1 Å². The molecule has 0 aliphatic rings. The standard InChI is InChI=1S/C24H39F3OS/c1-20(2)28-15-13-17-29-16-12-10-8-6-4-3-5-7-9-11-14-22-23(26)18-21(25)19-24(22)27/h18-20H,3-17H2,1-2H3. The lowest BCUT2D eigenvalue weighted by molar-refractivity contribution is 0.0800. The molecule has 0 aromatic heterocycles. The predicted octanol–water partition coefficient (Wildman–Crippen LogP) is 8.10. The summed E-state index contributed by atoms with van der Waals surface area (Å²) >= 11 is 2.04. The first kappa shape index (κ1) is 26.4. The molecule has 0 aliphatic heterocycles. The highest BCUT2D eigenvalue weighted by molar-refractivity contribution is 7.99. The second-order valence-corrected chi connectivity index (χ2v) is 9.24. The van der Waals surface area contributed by atoms with Crippen LogP contribution in [0, 0.1) is 17.5 Å². The van der Waals surface area contributed by atoms with Crippen LogP contribution < -0.4 is 0 Å². The van der Waals surface area contributed by atoms with Gasteiger partial charge in [-0.1, -0.05) is 51.4 Å². The van der Waals surface area contributed by atoms with E-state index >= 15 is 0 Å². The number of halogens is 3. The monoisotopic (exact) mass is 432 g/mol. The van der Waals surface area contributed by atoms with Crippen LogP contribution >= 0.6 is 11.8 Å². The smallest absolute Gasteiger partial charge is 0.132 e. The average Bonchev–Trinajstić information content (AvgIpc) is 2.65. The molecular formula is C24H39F3OS. The summed E-state index contributed by atoms with van der Waals surface area (Å²) in [6.45, 7) is 5.03. The van der Waals surface area contributed by atoms with Crippen LogP contribution in [-0.2, 0) is 11.2 Å². The SMILES string of the molecule is CC(C)OCCCSCCCCCCCCCCCCc1c(F)cc(F)cc1F. The number of benzene rings is 1. The number of hydrogen-bond acceptors (Lipinski definition) is 2. The van der Waals surface area contributed by atoms with E-state index in [1.165, 1.54) is 56.5 Å². The first-order valence-corrected chi connectivity index (χ1v) is 12.5. The summed E-state index contributed by atoms with van der Waals surface area (Å²) in [5, 5.41) is 0. The van der Waals surface area contributed by atoms with E-state index in [1.807, 2.05) is 11.8 Å². The van der Waals surface area contributed by atoms with Crippen LogP contribution in [-0.4, -0.2) is 24.2 Å². The number of ether oxygens (including phenoxy) is 1. The van der Waals surface area contributed by atoms with Crippen molar-refractivity contribution in [2.75, 3.05) is 18.1 Å². The Hall–Kier alpha value is -0.680. The lowest BCUT2D eigenvalue weighted by atomic mass is 10.0. The van der Waals surface area contributed by atoms with Crippen LogP contribution in [0.4, 0.5) is 13.2 Å². The van der Waals surface area contributed by atoms with Crippen LogP contribution in [0.1, 0.15) is 90.0 Å². The third-order valence-electron chi connectivity index (χ3n) is 4.96. The minimum atomic E-state index is -0.852. The zero-order valence-corrected chi connectivity index (χ0v) is 19.1. The van der Waals surface area contributed by atoms with Crippen LogP contribution in [0.5, 0.6) is 0 Å². The van der Waals surface area contributed by atoms with Gasteiger partial charge in [-0.25, -0.2) is 13.2 Å². The van der Waals surface area contributed by atoms with Crippen molar-refractivity contribution in [3.05, 3.63) is 35.1 Å². The fourth-order valence-electron chi connectivity index (χ4n) is 3.31. The van der Waals surface area contributed by atoms with Crippen molar-refractivity contribution in [3.8, 4) is 0 Å². The lowest BCUT2D eigenvalue weighted by Gasteiger charge is -2.07.